The molecule has 0 aliphatic heterocycles. The molecule has 0 radical (unpaired) electrons. The Morgan fingerprint density at radius 3 is 2.83 bits per heavy atom. The van der Waals surface area contributed by atoms with Crippen molar-refractivity contribution in [2.24, 2.45) is 0 Å². The maximum atomic E-state index is 11.3. The standard InChI is InChI=1S/C17H13N3O2S/c1-10(21)19-17-11(9-18)8-13-12(15-4-3-7-23-15)5-6-14(22-2)16(13)20-17/h3-8H,1-2H3,(H,19,20,21). The van der Waals surface area contributed by atoms with Gasteiger partial charge in [0.2, 0.25) is 5.91 Å². The quantitative estimate of drug-likeness (QED) is 0.795. The molecule has 0 unspecified atom stereocenters. The number of methoxy groups -OCH3 is 1. The second kappa shape index (κ2) is 6.07. The van der Waals surface area contributed by atoms with Gasteiger partial charge in [-0.05, 0) is 29.6 Å². The molecule has 3 rings (SSSR count). The van der Waals surface area contributed by atoms with E-state index in [-0.39, 0.29) is 11.7 Å². The summed E-state index contributed by atoms with van der Waals surface area (Å²) in [6.45, 7) is 1.38. The van der Waals surface area contributed by atoms with Gasteiger partial charge in [-0.25, -0.2) is 4.98 Å². The molecule has 6 heteroatoms. The number of ether oxygens (including phenoxy) is 1. The van der Waals surface area contributed by atoms with Crippen LogP contribution >= 0.6 is 11.3 Å². The fourth-order valence-corrected chi connectivity index (χ4v) is 3.16. The number of pyridine rings is 1. The first-order valence-corrected chi connectivity index (χ1v) is 7.75. The van der Waals surface area contributed by atoms with Crippen LogP contribution in [0.2, 0.25) is 0 Å². The predicted molar refractivity (Wildman–Crippen MR) is 90.6 cm³/mol. The molecule has 0 saturated heterocycles. The van der Waals surface area contributed by atoms with Crippen LogP contribution in [-0.2, 0) is 4.79 Å². The third-order valence-corrected chi connectivity index (χ3v) is 4.27. The highest BCUT2D eigenvalue weighted by atomic mass is 32.1. The van der Waals surface area contributed by atoms with Crippen molar-refractivity contribution in [1.29, 1.82) is 5.26 Å². The van der Waals surface area contributed by atoms with Crippen LogP contribution in [0.5, 0.6) is 5.75 Å². The third kappa shape index (κ3) is 2.74. The molecule has 0 aliphatic rings. The number of amides is 1. The molecule has 1 N–H and O–H groups in total. The molecule has 1 amide bonds. The average molecular weight is 323 g/mol. The summed E-state index contributed by atoms with van der Waals surface area (Å²) in [4.78, 5) is 16.9. The molecule has 2 aromatic heterocycles. The van der Waals surface area contributed by atoms with Gasteiger partial charge in [0, 0.05) is 22.8 Å². The van der Waals surface area contributed by atoms with Crippen LogP contribution in [0.3, 0.4) is 0 Å². The number of thiophene rings is 1. The van der Waals surface area contributed by atoms with Crippen molar-refractivity contribution in [3.8, 4) is 22.3 Å². The summed E-state index contributed by atoms with van der Waals surface area (Å²) in [5.74, 6) is 0.562. The average Bonchev–Trinajstić information content (AvgIpc) is 3.06. The molecule has 1 aromatic carbocycles. The summed E-state index contributed by atoms with van der Waals surface area (Å²) >= 11 is 1.61. The van der Waals surface area contributed by atoms with Crippen LogP contribution in [0.25, 0.3) is 21.3 Å². The largest absolute Gasteiger partial charge is 0.494 e. The Morgan fingerprint density at radius 1 is 1.39 bits per heavy atom. The Balaban J connectivity index is 2.34. The normalized spacial score (nSPS) is 10.3. The molecular formula is C17H13N3O2S. The number of anilines is 1. The van der Waals surface area contributed by atoms with E-state index in [2.05, 4.69) is 16.4 Å². The smallest absolute Gasteiger partial charge is 0.222 e. The number of nitrogens with zero attached hydrogens (tertiary/aromatic N) is 2. The van der Waals surface area contributed by atoms with Crippen molar-refractivity contribution in [2.75, 3.05) is 12.4 Å². The lowest BCUT2D eigenvalue weighted by Crippen LogP contribution is -2.09. The molecule has 114 valence electrons. The van der Waals surface area contributed by atoms with Crippen LogP contribution in [0.4, 0.5) is 5.82 Å². The van der Waals surface area contributed by atoms with E-state index in [1.54, 1.807) is 24.5 Å². The fourth-order valence-electron chi connectivity index (χ4n) is 2.39. The summed E-state index contributed by atoms with van der Waals surface area (Å²) in [6, 6.07) is 11.6. The summed E-state index contributed by atoms with van der Waals surface area (Å²) in [5.41, 5.74) is 1.91. The SMILES string of the molecule is COc1ccc(-c2cccs2)c2cc(C#N)c(NC(C)=O)nc12. The number of benzene rings is 1. The molecular weight excluding hydrogens is 310 g/mol. The van der Waals surface area contributed by atoms with Gasteiger partial charge in [-0.2, -0.15) is 5.26 Å². The van der Waals surface area contributed by atoms with Crippen molar-refractivity contribution in [3.05, 3.63) is 41.3 Å². The molecule has 0 atom stereocenters. The summed E-state index contributed by atoms with van der Waals surface area (Å²) in [7, 11) is 1.57. The van der Waals surface area contributed by atoms with Gasteiger partial charge in [-0.1, -0.05) is 6.07 Å². The molecule has 3 aromatic rings. The Hall–Kier alpha value is -2.91. The van der Waals surface area contributed by atoms with Gasteiger partial charge in [0.1, 0.15) is 17.3 Å². The second-order valence-corrected chi connectivity index (χ2v) is 5.81. The zero-order valence-electron chi connectivity index (χ0n) is 12.6. The highest BCUT2D eigenvalue weighted by Gasteiger charge is 2.15. The highest BCUT2D eigenvalue weighted by molar-refractivity contribution is 7.13. The first-order chi connectivity index (χ1) is 11.1. The van der Waals surface area contributed by atoms with E-state index in [1.165, 1.54) is 6.92 Å². The molecule has 2 heterocycles. The van der Waals surface area contributed by atoms with E-state index in [9.17, 15) is 10.1 Å². The van der Waals surface area contributed by atoms with Crippen LogP contribution in [0.1, 0.15) is 12.5 Å². The molecule has 23 heavy (non-hydrogen) atoms. The molecule has 0 spiro atoms. The van der Waals surface area contributed by atoms with Crippen molar-refractivity contribution < 1.29 is 9.53 Å². The highest BCUT2D eigenvalue weighted by Crippen LogP contribution is 2.37. The van der Waals surface area contributed by atoms with Gasteiger partial charge < -0.3 is 10.1 Å². The van der Waals surface area contributed by atoms with Crippen molar-refractivity contribution in [3.63, 3.8) is 0 Å². The monoisotopic (exact) mass is 323 g/mol. The van der Waals surface area contributed by atoms with Crippen molar-refractivity contribution >= 4 is 34.0 Å². The van der Waals surface area contributed by atoms with Gasteiger partial charge in [0.05, 0.1) is 12.7 Å². The fraction of sp³-hybridized carbons (Fsp3) is 0.118. The Bertz CT molecular complexity index is 927. The Morgan fingerprint density at radius 2 is 2.22 bits per heavy atom. The van der Waals surface area contributed by atoms with Crippen LogP contribution in [0.15, 0.2) is 35.7 Å². The Labute approximate surface area is 137 Å². The third-order valence-electron chi connectivity index (χ3n) is 3.37. The topological polar surface area (TPSA) is 75.0 Å². The lowest BCUT2D eigenvalue weighted by molar-refractivity contribution is -0.114. The van der Waals surface area contributed by atoms with Crippen molar-refractivity contribution in [2.45, 2.75) is 6.92 Å². The number of fused-ring (bicyclic) bond motifs is 1. The minimum absolute atomic E-state index is 0.245. The number of hydrogen-bond donors (Lipinski definition) is 1. The first-order valence-electron chi connectivity index (χ1n) is 6.87. The van der Waals surface area contributed by atoms with Gasteiger partial charge in [0.15, 0.2) is 5.82 Å². The van der Waals surface area contributed by atoms with Crippen molar-refractivity contribution in [1.82, 2.24) is 4.98 Å². The molecule has 0 fully saturated rings. The Kier molecular flexibility index (Phi) is 3.96. The number of carbonyl (C=O) groups is 1. The lowest BCUT2D eigenvalue weighted by atomic mass is 10.0. The zero-order valence-corrected chi connectivity index (χ0v) is 13.4. The predicted octanol–water partition coefficient (Wildman–Crippen LogP) is 3.80. The number of aromatic nitrogens is 1. The minimum Gasteiger partial charge on any atom is -0.494 e. The van der Waals surface area contributed by atoms with Gasteiger partial charge in [-0.15, -0.1) is 11.3 Å². The second-order valence-electron chi connectivity index (χ2n) is 4.87. The lowest BCUT2D eigenvalue weighted by Gasteiger charge is -2.12. The molecule has 5 nitrogen and oxygen atoms in total. The van der Waals surface area contributed by atoms with E-state index in [0.29, 0.717) is 16.8 Å². The molecule has 0 bridgehead atoms. The first kappa shape index (κ1) is 15.0. The van der Waals surface area contributed by atoms with Gasteiger partial charge >= 0.3 is 0 Å². The summed E-state index contributed by atoms with van der Waals surface area (Å²) in [6.07, 6.45) is 0. The summed E-state index contributed by atoms with van der Waals surface area (Å²) < 4.78 is 5.38. The van der Waals surface area contributed by atoms with Crippen LogP contribution < -0.4 is 10.1 Å². The number of hydrogen-bond acceptors (Lipinski definition) is 5. The summed E-state index contributed by atoms with van der Waals surface area (Å²) in [5, 5.41) is 14.8. The van der Waals surface area contributed by atoms with Crippen LogP contribution in [0, 0.1) is 11.3 Å². The van der Waals surface area contributed by atoms with Crippen LogP contribution in [-0.4, -0.2) is 18.0 Å². The van der Waals surface area contributed by atoms with E-state index >= 15 is 0 Å². The van der Waals surface area contributed by atoms with Gasteiger partial charge in [0.25, 0.3) is 0 Å². The van der Waals surface area contributed by atoms with E-state index in [1.807, 2.05) is 29.6 Å². The van der Waals surface area contributed by atoms with E-state index < -0.39 is 0 Å². The minimum atomic E-state index is -0.276. The molecule has 0 saturated carbocycles. The maximum Gasteiger partial charge on any atom is 0.222 e. The maximum absolute atomic E-state index is 11.3. The van der Waals surface area contributed by atoms with E-state index in [0.717, 1.165) is 15.8 Å². The zero-order chi connectivity index (χ0) is 16.4. The number of carbonyl (C=O) groups excluding carboxylic acids is 1. The molecule has 0 aliphatic carbocycles. The number of nitrogens with one attached hydrogen (secondary N) is 1. The number of rotatable bonds is 3. The van der Waals surface area contributed by atoms with Gasteiger partial charge in [-0.3, -0.25) is 4.79 Å². The number of nitriles is 1. The van der Waals surface area contributed by atoms with E-state index in [4.69, 9.17) is 4.74 Å².